The maximum Gasteiger partial charge on any atom is 1.00 e. The van der Waals surface area contributed by atoms with Crippen molar-refractivity contribution in [2.75, 3.05) is 41.3 Å². The molecule has 0 aliphatic heterocycles. The van der Waals surface area contributed by atoms with E-state index in [9.17, 15) is 9.59 Å². The monoisotopic (exact) mass is 530 g/mol. The molecule has 0 unspecified atom stereocenters. The summed E-state index contributed by atoms with van der Waals surface area (Å²) in [5.41, 5.74) is 1.68. The Morgan fingerprint density at radius 1 is 0.568 bits per heavy atom. The van der Waals surface area contributed by atoms with Gasteiger partial charge in [0.1, 0.15) is 0 Å². The van der Waals surface area contributed by atoms with E-state index in [4.69, 9.17) is 0 Å². The normalized spacial score (nSPS) is 10.1. The van der Waals surface area contributed by atoms with Crippen LogP contribution in [-0.4, -0.2) is 68.1 Å². The average molecular weight is 531 g/mol. The summed E-state index contributed by atoms with van der Waals surface area (Å²) < 4.78 is 0. The predicted molar refractivity (Wildman–Crippen MR) is 152 cm³/mol. The zero-order chi connectivity index (χ0) is 24.5. The molecular weight excluding hydrogens is 495 g/mol. The Balaban J connectivity index is 0.000000648. The number of carbonyl (C=O) groups is 2. The minimum atomic E-state index is 0. The Hall–Kier alpha value is -2.09. The van der Waals surface area contributed by atoms with Gasteiger partial charge in [0.25, 0.3) is 0 Å². The Bertz CT molecular complexity index is 1170. The van der Waals surface area contributed by atoms with Gasteiger partial charge in [-0.2, -0.15) is 0 Å². The third kappa shape index (κ3) is 10.3. The molecule has 0 aromatic heterocycles. The van der Waals surface area contributed by atoms with Crippen molar-refractivity contribution < 1.29 is 44.6 Å². The fourth-order valence-electron chi connectivity index (χ4n) is 3.86. The fourth-order valence-corrected chi connectivity index (χ4v) is 3.86. The SMILES string of the molecule is CN(C)CCC(=O)c1cccc2ccccc12.CN(C)CCC(=O)c1cccc2ccccc12.Cl.[Na+].[OH-]. The minimum Gasteiger partial charge on any atom is -0.870 e. The molecule has 0 aliphatic rings. The molecular formula is C30H36ClN2NaO3. The number of halogens is 1. The maximum atomic E-state index is 12.1. The molecule has 0 heterocycles. The summed E-state index contributed by atoms with van der Waals surface area (Å²) in [5.74, 6) is 0.436. The van der Waals surface area contributed by atoms with Gasteiger partial charge in [-0.1, -0.05) is 84.9 Å². The number of benzene rings is 4. The van der Waals surface area contributed by atoms with Gasteiger partial charge in [0, 0.05) is 37.1 Å². The number of Topliss-reactive ketones (excluding diaryl/α,β-unsaturated/α-hetero) is 2. The summed E-state index contributed by atoms with van der Waals surface area (Å²) in [6, 6.07) is 27.9. The van der Waals surface area contributed by atoms with Gasteiger partial charge in [-0.3, -0.25) is 9.59 Å². The zero-order valence-corrected chi connectivity index (χ0v) is 25.3. The molecule has 0 aliphatic carbocycles. The van der Waals surface area contributed by atoms with Crippen LogP contribution in [0, 0.1) is 0 Å². The first-order valence-corrected chi connectivity index (χ1v) is 11.7. The zero-order valence-electron chi connectivity index (χ0n) is 22.5. The topological polar surface area (TPSA) is 70.6 Å². The molecule has 0 bridgehead atoms. The van der Waals surface area contributed by atoms with Gasteiger partial charge < -0.3 is 15.3 Å². The second-order valence-corrected chi connectivity index (χ2v) is 9.01. The Labute approximate surface area is 248 Å². The van der Waals surface area contributed by atoms with Crippen LogP contribution >= 0.6 is 12.4 Å². The molecule has 37 heavy (non-hydrogen) atoms. The second-order valence-electron chi connectivity index (χ2n) is 9.01. The summed E-state index contributed by atoms with van der Waals surface area (Å²) in [4.78, 5) is 28.3. The van der Waals surface area contributed by atoms with E-state index in [0.717, 1.165) is 45.8 Å². The number of carbonyl (C=O) groups excluding carboxylic acids is 2. The minimum absolute atomic E-state index is 0. The smallest absolute Gasteiger partial charge is 0.870 e. The largest absolute Gasteiger partial charge is 1.00 e. The second kappa shape index (κ2) is 17.4. The van der Waals surface area contributed by atoms with Crippen LogP contribution in [0.15, 0.2) is 84.9 Å². The molecule has 4 rings (SSSR count). The summed E-state index contributed by atoms with van der Waals surface area (Å²) >= 11 is 0. The van der Waals surface area contributed by atoms with Gasteiger partial charge in [0.15, 0.2) is 11.6 Å². The standard InChI is InChI=1S/2C15H17NO.ClH.Na.H2O/c2*1-16(2)11-10-15(17)14-9-5-7-12-6-3-4-8-13(12)14;;;/h2*3-9H,10-11H2,1-2H3;1H;;1H2/q;;;+1;/p-1. The van der Waals surface area contributed by atoms with Crippen LogP contribution in [0.25, 0.3) is 21.5 Å². The van der Waals surface area contributed by atoms with Gasteiger partial charge >= 0.3 is 29.6 Å². The van der Waals surface area contributed by atoms with E-state index in [-0.39, 0.29) is 59.0 Å². The quantitative estimate of drug-likeness (QED) is 0.258. The number of rotatable bonds is 8. The first kappa shape index (κ1) is 34.9. The molecule has 1 N–H and O–H groups in total. The molecule has 192 valence electrons. The van der Waals surface area contributed by atoms with Gasteiger partial charge in [-0.25, -0.2) is 0 Å². The van der Waals surface area contributed by atoms with Crippen molar-refractivity contribution in [1.29, 1.82) is 0 Å². The molecule has 4 aromatic carbocycles. The van der Waals surface area contributed by atoms with Gasteiger partial charge in [0.05, 0.1) is 0 Å². The van der Waals surface area contributed by atoms with Crippen molar-refractivity contribution in [3.8, 4) is 0 Å². The van der Waals surface area contributed by atoms with Crippen molar-refractivity contribution >= 4 is 45.5 Å². The van der Waals surface area contributed by atoms with Crippen LogP contribution in [0.1, 0.15) is 33.6 Å². The molecule has 4 aromatic rings. The van der Waals surface area contributed by atoms with E-state index in [2.05, 4.69) is 0 Å². The van der Waals surface area contributed by atoms with Crippen LogP contribution in [0.3, 0.4) is 0 Å². The van der Waals surface area contributed by atoms with Crippen molar-refractivity contribution in [2.24, 2.45) is 0 Å². The predicted octanol–water partition coefficient (Wildman–Crippen LogP) is 3.20. The van der Waals surface area contributed by atoms with E-state index in [1.54, 1.807) is 0 Å². The van der Waals surface area contributed by atoms with Crippen LogP contribution < -0.4 is 29.6 Å². The van der Waals surface area contributed by atoms with E-state index >= 15 is 0 Å². The number of hydrogen-bond donors (Lipinski definition) is 0. The van der Waals surface area contributed by atoms with E-state index in [0.29, 0.717) is 12.8 Å². The van der Waals surface area contributed by atoms with Crippen molar-refractivity contribution in [3.05, 3.63) is 96.1 Å². The Morgan fingerprint density at radius 3 is 1.24 bits per heavy atom. The van der Waals surface area contributed by atoms with Crippen molar-refractivity contribution in [1.82, 2.24) is 9.80 Å². The fraction of sp³-hybridized carbons (Fsp3) is 0.267. The molecule has 7 heteroatoms. The number of ketones is 2. The summed E-state index contributed by atoms with van der Waals surface area (Å²) in [7, 11) is 7.93. The molecule has 5 nitrogen and oxygen atoms in total. The van der Waals surface area contributed by atoms with Gasteiger partial charge in [-0.15, -0.1) is 12.4 Å². The number of nitrogens with zero attached hydrogens (tertiary/aromatic N) is 2. The molecule has 0 saturated carbocycles. The van der Waals surface area contributed by atoms with E-state index in [1.165, 1.54) is 0 Å². The summed E-state index contributed by atoms with van der Waals surface area (Å²) in [6.07, 6.45) is 1.14. The van der Waals surface area contributed by atoms with Crippen LogP contribution in [0.4, 0.5) is 0 Å². The van der Waals surface area contributed by atoms with Gasteiger partial charge in [-0.05, 0) is 49.7 Å². The summed E-state index contributed by atoms with van der Waals surface area (Å²) in [6.45, 7) is 1.59. The van der Waals surface area contributed by atoms with E-state index < -0.39 is 0 Å². The first-order chi connectivity index (χ1) is 16.4. The van der Waals surface area contributed by atoms with Crippen LogP contribution in [-0.2, 0) is 0 Å². The molecule has 0 radical (unpaired) electrons. The summed E-state index contributed by atoms with van der Waals surface area (Å²) in [5, 5.41) is 4.36. The number of hydrogen-bond acceptors (Lipinski definition) is 5. The van der Waals surface area contributed by atoms with Crippen molar-refractivity contribution in [2.45, 2.75) is 12.8 Å². The number of fused-ring (bicyclic) bond motifs is 2. The molecule has 0 saturated heterocycles. The maximum absolute atomic E-state index is 12.1. The van der Waals surface area contributed by atoms with Crippen LogP contribution in [0.5, 0.6) is 0 Å². The molecule has 0 amide bonds. The Morgan fingerprint density at radius 2 is 0.892 bits per heavy atom. The first-order valence-electron chi connectivity index (χ1n) is 11.7. The van der Waals surface area contributed by atoms with Crippen molar-refractivity contribution in [3.63, 3.8) is 0 Å². The van der Waals surface area contributed by atoms with Gasteiger partial charge in [0.2, 0.25) is 0 Å². The molecule has 0 fully saturated rings. The van der Waals surface area contributed by atoms with E-state index in [1.807, 2.05) is 123 Å². The Kier molecular flexibility index (Phi) is 16.4. The third-order valence-electron chi connectivity index (χ3n) is 5.75. The average Bonchev–Trinajstić information content (AvgIpc) is 2.85. The third-order valence-corrected chi connectivity index (χ3v) is 5.75. The van der Waals surface area contributed by atoms with Crippen LogP contribution in [0.2, 0.25) is 0 Å². The molecule has 0 atom stereocenters. The molecule has 0 spiro atoms.